The number of aliphatic hydroxyl groups is 1. The number of aliphatic hydroxyl groups excluding tert-OH is 1. The fraction of sp³-hybridized carbons (Fsp3) is 0.450. The molecule has 2 aromatic heterocycles. The lowest BCUT2D eigenvalue weighted by Crippen LogP contribution is -2.38. The van der Waals surface area contributed by atoms with Gasteiger partial charge >= 0.3 is 5.69 Å². The molecule has 1 saturated heterocycles. The Morgan fingerprint density at radius 3 is 2.57 bits per heavy atom. The number of imidazole rings is 1. The van der Waals surface area contributed by atoms with Crippen LogP contribution in [0.5, 0.6) is 5.75 Å². The van der Waals surface area contributed by atoms with E-state index in [2.05, 4.69) is 9.88 Å². The van der Waals surface area contributed by atoms with Crippen LogP contribution in [-0.4, -0.2) is 49.6 Å². The molecular weight excluding hydrogens is 410 g/mol. The fourth-order valence-electron chi connectivity index (χ4n) is 3.78. The van der Waals surface area contributed by atoms with Crippen molar-refractivity contribution in [1.82, 2.24) is 18.7 Å². The topological polar surface area (TPSA) is 94.5 Å². The van der Waals surface area contributed by atoms with Crippen LogP contribution in [0.2, 0.25) is 5.02 Å². The van der Waals surface area contributed by atoms with E-state index in [1.807, 2.05) is 0 Å². The SMILES string of the molecule is Cn1c(=O)c2c(nc(N3CCCC3)n2CC(O)COc2ccccc2Cl)n(C)c1=O. The first-order valence-corrected chi connectivity index (χ1v) is 10.2. The molecule has 160 valence electrons. The molecule has 1 unspecified atom stereocenters. The lowest BCUT2D eigenvalue weighted by Gasteiger charge is -2.20. The first-order valence-electron chi connectivity index (χ1n) is 9.85. The highest BCUT2D eigenvalue weighted by molar-refractivity contribution is 6.32. The van der Waals surface area contributed by atoms with Gasteiger partial charge in [0, 0.05) is 27.2 Å². The third-order valence-electron chi connectivity index (χ3n) is 5.38. The van der Waals surface area contributed by atoms with Gasteiger partial charge in [0.1, 0.15) is 18.5 Å². The zero-order valence-electron chi connectivity index (χ0n) is 16.9. The first kappa shape index (κ1) is 20.5. The van der Waals surface area contributed by atoms with E-state index in [0.29, 0.717) is 27.9 Å². The number of aryl methyl sites for hydroxylation is 1. The van der Waals surface area contributed by atoms with E-state index in [4.69, 9.17) is 16.3 Å². The van der Waals surface area contributed by atoms with Crippen molar-refractivity contribution in [3.63, 3.8) is 0 Å². The van der Waals surface area contributed by atoms with Crippen molar-refractivity contribution in [3.05, 3.63) is 50.1 Å². The summed E-state index contributed by atoms with van der Waals surface area (Å²) < 4.78 is 9.77. The van der Waals surface area contributed by atoms with Gasteiger partial charge in [-0.15, -0.1) is 0 Å². The summed E-state index contributed by atoms with van der Waals surface area (Å²) in [6, 6.07) is 7.03. The summed E-state index contributed by atoms with van der Waals surface area (Å²) in [5.74, 6) is 1.06. The maximum absolute atomic E-state index is 12.9. The summed E-state index contributed by atoms with van der Waals surface area (Å²) in [4.78, 5) is 31.9. The number of aromatic nitrogens is 4. The van der Waals surface area contributed by atoms with Gasteiger partial charge in [0.25, 0.3) is 5.56 Å². The predicted octanol–water partition coefficient (Wildman–Crippen LogP) is 1.13. The summed E-state index contributed by atoms with van der Waals surface area (Å²) in [6.45, 7) is 1.71. The lowest BCUT2D eigenvalue weighted by molar-refractivity contribution is 0.0937. The molecule has 4 rings (SSSR count). The molecule has 3 aromatic rings. The molecular formula is C20H24ClN5O4. The minimum atomic E-state index is -0.915. The summed E-state index contributed by atoms with van der Waals surface area (Å²) >= 11 is 6.11. The van der Waals surface area contributed by atoms with Crippen LogP contribution in [0, 0.1) is 0 Å². The van der Waals surface area contributed by atoms with Crippen molar-refractivity contribution >= 4 is 28.7 Å². The van der Waals surface area contributed by atoms with Gasteiger partial charge in [-0.05, 0) is 25.0 Å². The third kappa shape index (κ3) is 3.59. The van der Waals surface area contributed by atoms with Gasteiger partial charge < -0.3 is 19.3 Å². The second-order valence-electron chi connectivity index (χ2n) is 7.49. The van der Waals surface area contributed by atoms with Gasteiger partial charge in [-0.2, -0.15) is 4.98 Å². The summed E-state index contributed by atoms with van der Waals surface area (Å²) in [5.41, 5.74) is -0.277. The van der Waals surface area contributed by atoms with E-state index in [9.17, 15) is 14.7 Å². The van der Waals surface area contributed by atoms with Crippen molar-refractivity contribution < 1.29 is 9.84 Å². The average Bonchev–Trinajstić information content (AvgIpc) is 3.38. The number of halogens is 1. The zero-order valence-corrected chi connectivity index (χ0v) is 17.7. The number of ether oxygens (including phenoxy) is 1. The van der Waals surface area contributed by atoms with Crippen LogP contribution in [0.15, 0.2) is 33.9 Å². The van der Waals surface area contributed by atoms with Gasteiger partial charge in [-0.3, -0.25) is 13.9 Å². The monoisotopic (exact) mass is 433 g/mol. The smallest absolute Gasteiger partial charge is 0.332 e. The normalized spacial score (nSPS) is 15.1. The number of rotatable bonds is 6. The molecule has 30 heavy (non-hydrogen) atoms. The Kier molecular flexibility index (Phi) is 5.57. The summed E-state index contributed by atoms with van der Waals surface area (Å²) in [6.07, 6.45) is 1.14. The Morgan fingerprint density at radius 1 is 1.17 bits per heavy atom. The second kappa shape index (κ2) is 8.16. The molecule has 1 aromatic carbocycles. The predicted molar refractivity (Wildman–Crippen MR) is 115 cm³/mol. The summed E-state index contributed by atoms with van der Waals surface area (Å²) in [5, 5.41) is 11.1. The Labute approximate surface area is 177 Å². The van der Waals surface area contributed by atoms with E-state index in [1.54, 1.807) is 35.9 Å². The number of nitrogens with zero attached hydrogens (tertiary/aromatic N) is 5. The van der Waals surface area contributed by atoms with Crippen molar-refractivity contribution in [1.29, 1.82) is 0 Å². The molecule has 0 radical (unpaired) electrons. The molecule has 1 aliphatic heterocycles. The molecule has 0 bridgehead atoms. The van der Waals surface area contributed by atoms with Gasteiger partial charge in [-0.1, -0.05) is 23.7 Å². The molecule has 3 heterocycles. The zero-order chi connectivity index (χ0) is 21.4. The van der Waals surface area contributed by atoms with Crippen LogP contribution >= 0.6 is 11.6 Å². The van der Waals surface area contributed by atoms with Gasteiger partial charge in [0.15, 0.2) is 11.2 Å². The molecule has 1 atom stereocenters. The Hall–Kier alpha value is -2.78. The average molecular weight is 434 g/mol. The van der Waals surface area contributed by atoms with Crippen molar-refractivity contribution in [2.45, 2.75) is 25.5 Å². The number of hydrogen-bond acceptors (Lipinski definition) is 6. The van der Waals surface area contributed by atoms with Crippen LogP contribution in [0.25, 0.3) is 11.2 Å². The van der Waals surface area contributed by atoms with Gasteiger partial charge in [-0.25, -0.2) is 4.79 Å². The van der Waals surface area contributed by atoms with Crippen LogP contribution in [0.1, 0.15) is 12.8 Å². The highest BCUT2D eigenvalue weighted by Gasteiger charge is 2.25. The van der Waals surface area contributed by atoms with E-state index >= 15 is 0 Å². The van der Waals surface area contributed by atoms with Crippen LogP contribution in [0.4, 0.5) is 5.95 Å². The molecule has 10 heteroatoms. The lowest BCUT2D eigenvalue weighted by atomic mass is 10.3. The number of fused-ring (bicyclic) bond motifs is 1. The summed E-state index contributed by atoms with van der Waals surface area (Å²) in [7, 11) is 3.03. The second-order valence-corrected chi connectivity index (χ2v) is 7.90. The van der Waals surface area contributed by atoms with Crippen molar-refractivity contribution in [2.24, 2.45) is 14.1 Å². The number of para-hydroxylation sites is 1. The van der Waals surface area contributed by atoms with Gasteiger partial charge in [0.2, 0.25) is 5.95 Å². The van der Waals surface area contributed by atoms with Crippen LogP contribution in [-0.2, 0) is 20.6 Å². The fourth-order valence-corrected chi connectivity index (χ4v) is 3.97. The minimum Gasteiger partial charge on any atom is -0.489 e. The van der Waals surface area contributed by atoms with Crippen molar-refractivity contribution in [3.8, 4) is 5.75 Å². The van der Waals surface area contributed by atoms with Crippen LogP contribution < -0.4 is 20.9 Å². The Bertz CT molecular complexity index is 1190. The van der Waals surface area contributed by atoms with Gasteiger partial charge in [0.05, 0.1) is 11.6 Å². The quantitative estimate of drug-likeness (QED) is 0.626. The van der Waals surface area contributed by atoms with Crippen LogP contribution in [0.3, 0.4) is 0 Å². The largest absolute Gasteiger partial charge is 0.489 e. The molecule has 0 aliphatic carbocycles. The molecule has 1 fully saturated rings. The molecule has 1 N–H and O–H groups in total. The minimum absolute atomic E-state index is 0.00503. The maximum Gasteiger partial charge on any atom is 0.332 e. The molecule has 0 spiro atoms. The van der Waals surface area contributed by atoms with E-state index < -0.39 is 17.4 Å². The standard InChI is InChI=1S/C20H24ClN5O4/c1-23-17-16(18(28)24(2)20(23)29)26(19(22-17)25-9-5-6-10-25)11-13(27)12-30-15-8-4-3-7-14(15)21/h3-4,7-8,13,27H,5-6,9-12H2,1-2H3. The Morgan fingerprint density at radius 2 is 1.87 bits per heavy atom. The number of hydrogen-bond donors (Lipinski definition) is 1. The Balaban J connectivity index is 1.71. The molecule has 1 aliphatic rings. The third-order valence-corrected chi connectivity index (χ3v) is 5.69. The highest BCUT2D eigenvalue weighted by Crippen LogP contribution is 2.25. The maximum atomic E-state index is 12.9. The molecule has 0 saturated carbocycles. The number of anilines is 1. The highest BCUT2D eigenvalue weighted by atomic mass is 35.5. The van der Waals surface area contributed by atoms with E-state index in [0.717, 1.165) is 30.5 Å². The van der Waals surface area contributed by atoms with E-state index in [1.165, 1.54) is 11.6 Å². The first-order chi connectivity index (χ1) is 14.4. The van der Waals surface area contributed by atoms with Crippen molar-refractivity contribution in [2.75, 3.05) is 24.6 Å². The van der Waals surface area contributed by atoms with E-state index in [-0.39, 0.29) is 13.2 Å². The molecule has 9 nitrogen and oxygen atoms in total. The molecule has 0 amide bonds. The number of benzene rings is 1.